The van der Waals surface area contributed by atoms with Gasteiger partial charge in [-0.1, -0.05) is 6.32 Å². The van der Waals surface area contributed by atoms with E-state index >= 15 is 0 Å². The molecule has 30 heavy (non-hydrogen) atoms. The summed E-state index contributed by atoms with van der Waals surface area (Å²) in [6, 6.07) is 2.52. The van der Waals surface area contributed by atoms with E-state index in [4.69, 9.17) is 5.26 Å². The Morgan fingerprint density at radius 2 is 2.20 bits per heavy atom. The minimum absolute atomic E-state index is 0.130. The Labute approximate surface area is 174 Å². The lowest BCUT2D eigenvalue weighted by atomic mass is 9.42. The number of nitriles is 1. The molecule has 0 aliphatic carbocycles. The number of aryl methyl sites for hydroxylation is 1. The third-order valence-corrected chi connectivity index (χ3v) is 6.81. The van der Waals surface area contributed by atoms with Crippen molar-refractivity contribution in [1.29, 1.82) is 5.26 Å². The number of hydrogen-bond donors (Lipinski definition) is 0. The number of alkyl halides is 1. The van der Waals surface area contributed by atoms with Crippen LogP contribution in [0.15, 0.2) is 35.6 Å². The van der Waals surface area contributed by atoms with Crippen molar-refractivity contribution in [1.82, 2.24) is 18.9 Å². The van der Waals surface area contributed by atoms with Gasteiger partial charge in [-0.25, -0.2) is 24.0 Å². The first kappa shape index (κ1) is 18.9. The highest BCUT2D eigenvalue weighted by Gasteiger charge is 2.35. The van der Waals surface area contributed by atoms with E-state index in [2.05, 4.69) is 15.9 Å². The van der Waals surface area contributed by atoms with Gasteiger partial charge in [0.15, 0.2) is 11.5 Å². The molecule has 6 nitrogen and oxygen atoms in total. The molecule has 0 bridgehead atoms. The van der Waals surface area contributed by atoms with Crippen LogP contribution in [0.3, 0.4) is 0 Å². The summed E-state index contributed by atoms with van der Waals surface area (Å²) in [6.07, 6.45) is 4.74. The molecule has 4 aromatic rings. The average molecular weight is 423 g/mol. The Bertz CT molecular complexity index is 1390. The maximum atomic E-state index is 14.6. The summed E-state index contributed by atoms with van der Waals surface area (Å²) in [6.45, 7) is 1.48. The van der Waals surface area contributed by atoms with Crippen LogP contribution in [-0.2, 0) is 0 Å². The number of rotatable bonds is 2. The second-order valence-corrected chi connectivity index (χ2v) is 8.75. The normalized spacial score (nSPS) is 19.5. The number of thiophene rings is 1. The van der Waals surface area contributed by atoms with Crippen LogP contribution in [0.4, 0.5) is 8.78 Å². The molecule has 0 radical (unpaired) electrons. The molecular weight excluding hydrogens is 407 g/mol. The first-order valence-electron chi connectivity index (χ1n) is 9.64. The minimum atomic E-state index is -1.26. The molecule has 1 aliphatic heterocycles. The van der Waals surface area contributed by atoms with Crippen molar-refractivity contribution in [2.75, 3.05) is 0 Å². The van der Waals surface area contributed by atoms with Crippen LogP contribution >= 0.6 is 11.3 Å². The van der Waals surface area contributed by atoms with Crippen LogP contribution in [-0.4, -0.2) is 31.8 Å². The highest BCUT2D eigenvalue weighted by molar-refractivity contribution is 7.22. The van der Waals surface area contributed by atoms with Crippen molar-refractivity contribution < 1.29 is 8.78 Å². The lowest BCUT2D eigenvalue weighted by Crippen LogP contribution is -2.36. The Morgan fingerprint density at radius 3 is 2.97 bits per heavy atom. The molecule has 1 saturated heterocycles. The molecule has 5 rings (SSSR count). The molecule has 5 heterocycles. The third kappa shape index (κ3) is 3.01. The molecule has 0 spiro atoms. The van der Waals surface area contributed by atoms with Crippen molar-refractivity contribution in [3.05, 3.63) is 52.7 Å². The summed E-state index contributed by atoms with van der Waals surface area (Å²) >= 11 is 1.21. The third-order valence-electron chi connectivity index (χ3n) is 5.65. The van der Waals surface area contributed by atoms with E-state index in [0.29, 0.717) is 39.1 Å². The standard InChI is InChI=1S/C20H16BF2N5OS/c1-11-7-27-8-12(4-13(22)19(27)26-11)17-5-15-18(30-17)20(29)28(10-25-15)16-2-3-21(9-24)6-14(16)23/h4-5,7-8,10,14,16H,2-3,6H2,1H3. The molecule has 0 saturated carbocycles. The molecule has 0 N–H and O–H groups in total. The van der Waals surface area contributed by atoms with Gasteiger partial charge in [-0.15, -0.1) is 11.3 Å². The van der Waals surface area contributed by atoms with Crippen LogP contribution in [0.5, 0.6) is 0 Å². The van der Waals surface area contributed by atoms with Gasteiger partial charge < -0.3 is 4.40 Å². The van der Waals surface area contributed by atoms with E-state index < -0.39 is 18.0 Å². The lowest BCUT2D eigenvalue weighted by molar-refractivity contribution is 0.229. The van der Waals surface area contributed by atoms with Crippen molar-refractivity contribution in [3.8, 4) is 16.4 Å². The summed E-state index contributed by atoms with van der Waals surface area (Å²) in [4.78, 5) is 22.3. The molecule has 1 fully saturated rings. The Hall–Kier alpha value is -3.06. The molecular formula is C20H16BF2N5OS. The summed E-state index contributed by atoms with van der Waals surface area (Å²) in [5, 5.41) is 9.03. The van der Waals surface area contributed by atoms with Crippen LogP contribution in [0.1, 0.15) is 18.2 Å². The van der Waals surface area contributed by atoms with Crippen molar-refractivity contribution in [2.24, 2.45) is 0 Å². The largest absolute Gasteiger partial charge is 0.304 e. The molecule has 10 heteroatoms. The zero-order valence-corrected chi connectivity index (χ0v) is 16.9. The lowest BCUT2D eigenvalue weighted by Gasteiger charge is -2.28. The smallest absolute Gasteiger partial charge is 0.271 e. The number of halogens is 2. The molecule has 0 amide bonds. The fourth-order valence-corrected chi connectivity index (χ4v) is 5.18. The van der Waals surface area contributed by atoms with Crippen molar-refractivity contribution in [3.63, 3.8) is 0 Å². The van der Waals surface area contributed by atoms with Gasteiger partial charge in [0.2, 0.25) is 0 Å². The number of fused-ring (bicyclic) bond motifs is 2. The van der Waals surface area contributed by atoms with E-state index in [-0.39, 0.29) is 24.2 Å². The minimum Gasteiger partial charge on any atom is -0.304 e. The van der Waals surface area contributed by atoms with Gasteiger partial charge in [-0.05, 0) is 31.8 Å². The summed E-state index contributed by atoms with van der Waals surface area (Å²) in [5.41, 5.74) is 1.77. The van der Waals surface area contributed by atoms with Gasteiger partial charge in [0.1, 0.15) is 10.9 Å². The predicted molar refractivity (Wildman–Crippen MR) is 112 cm³/mol. The molecule has 2 atom stereocenters. The number of hydrogen-bond acceptors (Lipinski definition) is 5. The fourth-order valence-electron chi connectivity index (χ4n) is 4.15. The van der Waals surface area contributed by atoms with Crippen LogP contribution in [0.2, 0.25) is 12.6 Å². The van der Waals surface area contributed by atoms with Gasteiger partial charge in [0, 0.05) is 28.8 Å². The molecule has 0 aromatic carbocycles. The first-order chi connectivity index (χ1) is 14.4. The van der Waals surface area contributed by atoms with Crippen LogP contribution in [0, 0.1) is 24.0 Å². The van der Waals surface area contributed by atoms with Crippen molar-refractivity contribution in [2.45, 2.75) is 38.2 Å². The van der Waals surface area contributed by atoms with Crippen LogP contribution in [0.25, 0.3) is 26.3 Å². The average Bonchev–Trinajstić information content (AvgIpc) is 3.32. The summed E-state index contributed by atoms with van der Waals surface area (Å²) in [5.74, 6) is 1.67. The highest BCUT2D eigenvalue weighted by atomic mass is 32.1. The maximum absolute atomic E-state index is 14.6. The SMILES string of the molecule is Cc1cn2cc(-c3cc4ncn(C5CCB(C#N)CC5F)c(=O)c4s3)cc(F)c2n1. The first-order valence-corrected chi connectivity index (χ1v) is 10.5. The van der Waals surface area contributed by atoms with Gasteiger partial charge in [-0.2, -0.15) is 0 Å². The highest BCUT2D eigenvalue weighted by Crippen LogP contribution is 2.34. The zero-order chi connectivity index (χ0) is 21.0. The van der Waals surface area contributed by atoms with Crippen LogP contribution < -0.4 is 5.56 Å². The zero-order valence-electron chi connectivity index (χ0n) is 16.0. The van der Waals surface area contributed by atoms with Gasteiger partial charge in [0.05, 0.1) is 23.6 Å². The van der Waals surface area contributed by atoms with E-state index in [1.54, 1.807) is 29.8 Å². The van der Waals surface area contributed by atoms with E-state index in [1.165, 1.54) is 28.3 Å². The van der Waals surface area contributed by atoms with E-state index in [0.717, 1.165) is 0 Å². The second-order valence-electron chi connectivity index (χ2n) is 7.69. The molecule has 150 valence electrons. The van der Waals surface area contributed by atoms with Gasteiger partial charge >= 0.3 is 0 Å². The Balaban J connectivity index is 1.57. The Kier molecular flexibility index (Phi) is 4.43. The van der Waals surface area contributed by atoms with Crippen molar-refractivity contribution >= 4 is 33.9 Å². The number of imidazole rings is 1. The predicted octanol–water partition coefficient (Wildman–Crippen LogP) is 4.06. The Morgan fingerprint density at radius 1 is 1.37 bits per heavy atom. The van der Waals surface area contributed by atoms with E-state index in [1.807, 2.05) is 0 Å². The van der Waals surface area contributed by atoms with E-state index in [9.17, 15) is 13.6 Å². The quantitative estimate of drug-likeness (QED) is 0.456. The number of pyridine rings is 1. The van der Waals surface area contributed by atoms with Gasteiger partial charge in [-0.3, -0.25) is 9.36 Å². The molecule has 1 aliphatic rings. The summed E-state index contributed by atoms with van der Waals surface area (Å²) < 4.78 is 32.5. The molecule has 2 unspecified atom stereocenters. The maximum Gasteiger partial charge on any atom is 0.271 e. The molecule has 4 aromatic heterocycles. The fraction of sp³-hybridized carbons (Fsp3) is 0.300. The number of aromatic nitrogens is 4. The second kappa shape index (κ2) is 7.02. The monoisotopic (exact) mass is 423 g/mol. The topological polar surface area (TPSA) is 76.0 Å². The number of nitrogens with zero attached hydrogens (tertiary/aromatic N) is 5. The summed E-state index contributed by atoms with van der Waals surface area (Å²) in [7, 11) is 0. The van der Waals surface area contributed by atoms with Gasteiger partial charge in [0.25, 0.3) is 12.3 Å².